The van der Waals surface area contributed by atoms with Gasteiger partial charge in [0.25, 0.3) is 0 Å². The van der Waals surface area contributed by atoms with Gasteiger partial charge in [0.2, 0.25) is 0 Å². The van der Waals surface area contributed by atoms with Crippen LogP contribution in [0.2, 0.25) is 0 Å². The minimum absolute atomic E-state index is 0.142. The van der Waals surface area contributed by atoms with Gasteiger partial charge >= 0.3 is 5.97 Å². The van der Waals surface area contributed by atoms with E-state index in [9.17, 15) is 9.59 Å². The zero-order valence-electron chi connectivity index (χ0n) is 12.1. The molecule has 0 unspecified atom stereocenters. The highest BCUT2D eigenvalue weighted by Crippen LogP contribution is 2.27. The van der Waals surface area contributed by atoms with Gasteiger partial charge in [0.05, 0.1) is 19.1 Å². The van der Waals surface area contributed by atoms with Crippen LogP contribution in [0.15, 0.2) is 30.3 Å². The average Bonchev–Trinajstić information content (AvgIpc) is 2.51. The quantitative estimate of drug-likeness (QED) is 0.396. The molecule has 4 heteroatoms. The summed E-state index contributed by atoms with van der Waals surface area (Å²) < 4.78 is 10.3. The standard InChI is InChI=1S/C16H22O4/c1-19-15(13-8-4-3-5-9-13)12-14(16(18)20-2)10-6-7-11-17/h3-5,8-9,11,14-15H,6-7,10,12H2,1-2H3/t14-,15+/m0/s1. The summed E-state index contributed by atoms with van der Waals surface area (Å²) in [6, 6.07) is 9.79. The Kier molecular flexibility index (Phi) is 7.58. The zero-order valence-corrected chi connectivity index (χ0v) is 12.1. The largest absolute Gasteiger partial charge is 0.469 e. The summed E-state index contributed by atoms with van der Waals surface area (Å²) in [6.45, 7) is 0. The topological polar surface area (TPSA) is 52.6 Å². The van der Waals surface area contributed by atoms with Crippen LogP contribution >= 0.6 is 0 Å². The van der Waals surface area contributed by atoms with Crippen molar-refractivity contribution >= 4 is 12.3 Å². The van der Waals surface area contributed by atoms with E-state index in [1.54, 1.807) is 7.11 Å². The highest BCUT2D eigenvalue weighted by Gasteiger charge is 2.24. The Bertz CT molecular complexity index is 402. The number of aldehydes is 1. The van der Waals surface area contributed by atoms with E-state index in [0.717, 1.165) is 11.8 Å². The first-order valence-corrected chi connectivity index (χ1v) is 6.82. The van der Waals surface area contributed by atoms with Gasteiger partial charge in [0.1, 0.15) is 6.29 Å². The lowest BCUT2D eigenvalue weighted by molar-refractivity contribution is -0.147. The molecule has 0 fully saturated rings. The molecule has 1 aromatic carbocycles. The van der Waals surface area contributed by atoms with Crippen LogP contribution in [-0.2, 0) is 19.1 Å². The van der Waals surface area contributed by atoms with E-state index in [2.05, 4.69) is 0 Å². The van der Waals surface area contributed by atoms with Crippen molar-refractivity contribution in [3.8, 4) is 0 Å². The van der Waals surface area contributed by atoms with E-state index in [-0.39, 0.29) is 18.0 Å². The van der Waals surface area contributed by atoms with Crippen LogP contribution in [0.1, 0.15) is 37.4 Å². The third kappa shape index (κ3) is 5.13. The SMILES string of the molecule is COC(=O)[C@@H](CCCC=O)C[C@@H](OC)c1ccccc1. The van der Waals surface area contributed by atoms with Crippen molar-refractivity contribution in [2.24, 2.45) is 5.92 Å². The summed E-state index contributed by atoms with van der Waals surface area (Å²) in [5, 5.41) is 0. The molecule has 4 nitrogen and oxygen atoms in total. The number of hydrogen-bond donors (Lipinski definition) is 0. The number of esters is 1. The van der Waals surface area contributed by atoms with E-state index in [4.69, 9.17) is 9.47 Å². The van der Waals surface area contributed by atoms with Crippen LogP contribution in [0, 0.1) is 5.92 Å². The molecule has 1 rings (SSSR count). The number of carbonyl (C=O) groups is 2. The Labute approximate surface area is 120 Å². The first-order chi connectivity index (χ1) is 9.72. The van der Waals surface area contributed by atoms with Gasteiger partial charge in [0, 0.05) is 13.5 Å². The first kappa shape index (κ1) is 16.4. The molecule has 0 saturated heterocycles. The highest BCUT2D eigenvalue weighted by molar-refractivity contribution is 5.72. The molecule has 0 aromatic heterocycles. The Morgan fingerprint density at radius 1 is 1.25 bits per heavy atom. The van der Waals surface area contributed by atoms with Crippen molar-refractivity contribution in [1.82, 2.24) is 0 Å². The van der Waals surface area contributed by atoms with Gasteiger partial charge in [-0.2, -0.15) is 0 Å². The molecule has 0 spiro atoms. The second-order valence-electron chi connectivity index (χ2n) is 4.69. The molecule has 0 bridgehead atoms. The number of unbranched alkanes of at least 4 members (excludes halogenated alkanes) is 1. The maximum absolute atomic E-state index is 11.8. The molecular formula is C16H22O4. The van der Waals surface area contributed by atoms with Gasteiger partial charge in [-0.15, -0.1) is 0 Å². The van der Waals surface area contributed by atoms with E-state index >= 15 is 0 Å². The number of hydrogen-bond acceptors (Lipinski definition) is 4. The molecule has 110 valence electrons. The Morgan fingerprint density at radius 2 is 1.95 bits per heavy atom. The number of methoxy groups -OCH3 is 2. The molecule has 0 aliphatic rings. The van der Waals surface area contributed by atoms with Gasteiger partial charge in [-0.3, -0.25) is 4.79 Å². The fraction of sp³-hybridized carbons (Fsp3) is 0.500. The number of ether oxygens (including phenoxy) is 2. The lowest BCUT2D eigenvalue weighted by Crippen LogP contribution is -2.20. The fourth-order valence-electron chi connectivity index (χ4n) is 2.24. The molecule has 1 aromatic rings. The summed E-state index contributed by atoms with van der Waals surface area (Å²) in [5.74, 6) is -0.487. The normalized spacial score (nSPS) is 13.5. The van der Waals surface area contributed by atoms with Crippen molar-refractivity contribution in [2.75, 3.05) is 14.2 Å². The van der Waals surface area contributed by atoms with Crippen molar-refractivity contribution < 1.29 is 19.1 Å². The average molecular weight is 278 g/mol. The van der Waals surface area contributed by atoms with E-state index in [1.165, 1.54) is 7.11 Å². The predicted molar refractivity (Wildman–Crippen MR) is 76.2 cm³/mol. The van der Waals surface area contributed by atoms with Crippen LogP contribution in [0.4, 0.5) is 0 Å². The molecule has 0 aliphatic heterocycles. The maximum atomic E-state index is 11.8. The van der Waals surface area contributed by atoms with Gasteiger partial charge in [-0.25, -0.2) is 0 Å². The molecule has 0 heterocycles. The Balaban J connectivity index is 2.70. The van der Waals surface area contributed by atoms with Crippen molar-refractivity contribution in [1.29, 1.82) is 0 Å². The van der Waals surface area contributed by atoms with E-state index < -0.39 is 0 Å². The summed E-state index contributed by atoms with van der Waals surface area (Å²) in [4.78, 5) is 22.2. The molecule has 0 N–H and O–H groups in total. The number of benzene rings is 1. The predicted octanol–water partition coefficient (Wildman–Crippen LogP) is 2.92. The molecule has 2 atom stereocenters. The second kappa shape index (κ2) is 9.26. The third-order valence-electron chi connectivity index (χ3n) is 3.36. The molecular weight excluding hydrogens is 256 g/mol. The van der Waals surface area contributed by atoms with Crippen molar-refractivity contribution in [3.63, 3.8) is 0 Å². The smallest absolute Gasteiger partial charge is 0.308 e. The van der Waals surface area contributed by atoms with Gasteiger partial charge in [-0.05, 0) is 24.8 Å². The molecule has 20 heavy (non-hydrogen) atoms. The van der Waals surface area contributed by atoms with Crippen LogP contribution < -0.4 is 0 Å². The first-order valence-electron chi connectivity index (χ1n) is 6.82. The van der Waals surface area contributed by atoms with Gasteiger partial charge < -0.3 is 14.3 Å². The van der Waals surface area contributed by atoms with Crippen molar-refractivity contribution in [2.45, 2.75) is 31.8 Å². The third-order valence-corrected chi connectivity index (χ3v) is 3.36. The van der Waals surface area contributed by atoms with Crippen molar-refractivity contribution in [3.05, 3.63) is 35.9 Å². The van der Waals surface area contributed by atoms with Crippen LogP contribution in [0.3, 0.4) is 0 Å². The number of rotatable bonds is 9. The molecule has 0 radical (unpaired) electrons. The Hall–Kier alpha value is -1.68. The van der Waals surface area contributed by atoms with Gasteiger partial charge in [-0.1, -0.05) is 30.3 Å². The highest BCUT2D eigenvalue weighted by atomic mass is 16.5. The molecule has 0 aliphatic carbocycles. The lowest BCUT2D eigenvalue weighted by atomic mass is 9.92. The van der Waals surface area contributed by atoms with Crippen LogP contribution in [0.25, 0.3) is 0 Å². The summed E-state index contributed by atoms with van der Waals surface area (Å²) >= 11 is 0. The van der Waals surface area contributed by atoms with E-state index in [0.29, 0.717) is 25.7 Å². The minimum atomic E-state index is -0.245. The van der Waals surface area contributed by atoms with Gasteiger partial charge in [0.15, 0.2) is 0 Å². The maximum Gasteiger partial charge on any atom is 0.308 e. The van der Waals surface area contributed by atoms with E-state index in [1.807, 2.05) is 30.3 Å². The monoisotopic (exact) mass is 278 g/mol. The minimum Gasteiger partial charge on any atom is -0.469 e. The van der Waals surface area contributed by atoms with Crippen LogP contribution in [0.5, 0.6) is 0 Å². The van der Waals surface area contributed by atoms with Crippen LogP contribution in [-0.4, -0.2) is 26.5 Å². The molecule has 0 amide bonds. The summed E-state index contributed by atoms with van der Waals surface area (Å²) in [5.41, 5.74) is 1.04. The lowest BCUT2D eigenvalue weighted by Gasteiger charge is -2.21. The zero-order chi connectivity index (χ0) is 14.8. The fourth-order valence-corrected chi connectivity index (χ4v) is 2.24. The number of carbonyl (C=O) groups excluding carboxylic acids is 2. The molecule has 0 saturated carbocycles. The second-order valence-corrected chi connectivity index (χ2v) is 4.69. The Morgan fingerprint density at radius 3 is 2.50 bits per heavy atom. The summed E-state index contributed by atoms with van der Waals surface area (Å²) in [6.07, 6.45) is 3.09. The summed E-state index contributed by atoms with van der Waals surface area (Å²) in [7, 11) is 3.02.